The van der Waals surface area contributed by atoms with Gasteiger partial charge in [-0.2, -0.15) is 0 Å². The van der Waals surface area contributed by atoms with Crippen molar-refractivity contribution in [1.29, 1.82) is 0 Å². The van der Waals surface area contributed by atoms with Crippen LogP contribution in [0.4, 0.5) is 0 Å². The van der Waals surface area contributed by atoms with Crippen LogP contribution in [0.2, 0.25) is 0 Å². The predicted octanol–water partition coefficient (Wildman–Crippen LogP) is 1.55. The van der Waals surface area contributed by atoms with E-state index in [1.165, 1.54) is 18.7 Å². The number of hydrogen-bond donors (Lipinski definition) is 1. The van der Waals surface area contributed by atoms with Crippen molar-refractivity contribution in [1.82, 2.24) is 4.90 Å². The fourth-order valence-electron chi connectivity index (χ4n) is 2.39. The molecule has 22 heavy (non-hydrogen) atoms. The Morgan fingerprint density at radius 1 is 1.45 bits per heavy atom. The minimum Gasteiger partial charge on any atom is -0.491 e. The van der Waals surface area contributed by atoms with Crippen LogP contribution in [0.5, 0.6) is 5.75 Å². The maximum Gasteiger partial charge on any atom is 0.223 e. The van der Waals surface area contributed by atoms with Crippen LogP contribution < -0.4 is 4.74 Å². The van der Waals surface area contributed by atoms with Crippen molar-refractivity contribution in [3.8, 4) is 5.75 Å². The standard InChI is InChI=1S/C16H21NO4S/c1-12(18)22-11-13-7-16(20)17(8-13)9-14(19)10-21-15-5-3-2-4-6-15/h2-6,13-14,19H,7-11H2,1H3. The number of rotatable bonds is 7. The first-order chi connectivity index (χ1) is 10.5. The lowest BCUT2D eigenvalue weighted by Gasteiger charge is -2.20. The summed E-state index contributed by atoms with van der Waals surface area (Å²) in [7, 11) is 0. The van der Waals surface area contributed by atoms with Crippen molar-refractivity contribution in [2.24, 2.45) is 5.92 Å². The maximum atomic E-state index is 11.9. The number of aliphatic hydroxyl groups is 1. The zero-order valence-corrected chi connectivity index (χ0v) is 13.4. The molecule has 2 rings (SSSR count). The molecule has 1 amide bonds. The number of ether oxygens (including phenoxy) is 1. The molecule has 5 nitrogen and oxygen atoms in total. The highest BCUT2D eigenvalue weighted by molar-refractivity contribution is 8.13. The van der Waals surface area contributed by atoms with Gasteiger partial charge in [0.25, 0.3) is 0 Å². The molecule has 1 aromatic carbocycles. The Kier molecular flexibility index (Phi) is 6.27. The third-order valence-corrected chi connectivity index (χ3v) is 4.48. The summed E-state index contributed by atoms with van der Waals surface area (Å²) in [5.74, 6) is 1.58. The van der Waals surface area contributed by atoms with Crippen molar-refractivity contribution in [2.45, 2.75) is 19.4 Å². The number of thioether (sulfide) groups is 1. The average Bonchev–Trinajstić information content (AvgIpc) is 2.84. The topological polar surface area (TPSA) is 66.8 Å². The van der Waals surface area contributed by atoms with Gasteiger partial charge >= 0.3 is 0 Å². The highest BCUT2D eigenvalue weighted by atomic mass is 32.2. The summed E-state index contributed by atoms with van der Waals surface area (Å²) < 4.78 is 5.48. The van der Waals surface area contributed by atoms with Crippen molar-refractivity contribution in [3.05, 3.63) is 30.3 Å². The Labute approximate surface area is 134 Å². The third kappa shape index (κ3) is 5.35. The van der Waals surface area contributed by atoms with Gasteiger partial charge in [-0.15, -0.1) is 0 Å². The van der Waals surface area contributed by atoms with Crippen LogP contribution in [0.3, 0.4) is 0 Å². The lowest BCUT2D eigenvalue weighted by Crippen LogP contribution is -2.36. The van der Waals surface area contributed by atoms with Crippen molar-refractivity contribution >= 4 is 22.8 Å². The molecule has 0 bridgehead atoms. The van der Waals surface area contributed by atoms with Crippen LogP contribution >= 0.6 is 11.8 Å². The van der Waals surface area contributed by atoms with Crippen molar-refractivity contribution in [2.75, 3.05) is 25.4 Å². The van der Waals surface area contributed by atoms with E-state index in [0.29, 0.717) is 24.5 Å². The van der Waals surface area contributed by atoms with E-state index < -0.39 is 6.10 Å². The average molecular weight is 323 g/mol. The Balaban J connectivity index is 1.73. The van der Waals surface area contributed by atoms with Crippen LogP contribution in [-0.4, -0.2) is 52.6 Å². The van der Waals surface area contributed by atoms with Crippen LogP contribution in [-0.2, 0) is 9.59 Å². The Bertz CT molecular complexity index is 508. The third-order valence-electron chi connectivity index (χ3n) is 3.43. The fraction of sp³-hybridized carbons (Fsp3) is 0.500. The second-order valence-electron chi connectivity index (χ2n) is 5.45. The number of likely N-dealkylation sites (tertiary alicyclic amines) is 1. The van der Waals surface area contributed by atoms with Gasteiger partial charge in [0.2, 0.25) is 5.91 Å². The van der Waals surface area contributed by atoms with E-state index in [0.717, 1.165) is 0 Å². The molecule has 2 atom stereocenters. The molecule has 1 aliphatic rings. The molecule has 6 heteroatoms. The van der Waals surface area contributed by atoms with Gasteiger partial charge in [-0.3, -0.25) is 9.59 Å². The largest absolute Gasteiger partial charge is 0.491 e. The molecule has 0 aliphatic carbocycles. The lowest BCUT2D eigenvalue weighted by molar-refractivity contribution is -0.129. The number of benzene rings is 1. The van der Waals surface area contributed by atoms with Crippen molar-refractivity contribution in [3.63, 3.8) is 0 Å². The SMILES string of the molecule is CC(=O)SCC1CC(=O)N(CC(O)COc2ccccc2)C1. The number of carbonyl (C=O) groups excluding carboxylic acids is 2. The molecule has 1 aromatic rings. The van der Waals surface area contributed by atoms with Crippen LogP contribution in [0, 0.1) is 5.92 Å². The minimum atomic E-state index is -0.719. The molecule has 1 fully saturated rings. The summed E-state index contributed by atoms with van der Waals surface area (Å²) in [6, 6.07) is 9.27. The Hall–Kier alpha value is -1.53. The van der Waals surface area contributed by atoms with E-state index in [4.69, 9.17) is 4.74 Å². The number of nitrogens with zero attached hydrogens (tertiary/aromatic N) is 1. The van der Waals surface area contributed by atoms with Gasteiger partial charge in [0, 0.05) is 32.2 Å². The Morgan fingerprint density at radius 2 is 2.18 bits per heavy atom. The van der Waals surface area contributed by atoms with Crippen LogP contribution in [0.25, 0.3) is 0 Å². The zero-order valence-electron chi connectivity index (χ0n) is 12.6. The van der Waals surface area contributed by atoms with E-state index in [1.807, 2.05) is 30.3 Å². The van der Waals surface area contributed by atoms with E-state index in [9.17, 15) is 14.7 Å². The van der Waals surface area contributed by atoms with E-state index in [2.05, 4.69) is 0 Å². The minimum absolute atomic E-state index is 0.0351. The second kappa shape index (κ2) is 8.19. The fourth-order valence-corrected chi connectivity index (χ4v) is 3.09. The van der Waals surface area contributed by atoms with Gasteiger partial charge in [-0.05, 0) is 18.1 Å². The molecule has 1 N–H and O–H groups in total. The van der Waals surface area contributed by atoms with Crippen LogP contribution in [0.15, 0.2) is 30.3 Å². The van der Waals surface area contributed by atoms with Gasteiger partial charge in [0.15, 0.2) is 5.12 Å². The monoisotopic (exact) mass is 323 g/mol. The summed E-state index contributed by atoms with van der Waals surface area (Å²) in [5.41, 5.74) is 0. The summed E-state index contributed by atoms with van der Waals surface area (Å²) in [4.78, 5) is 24.5. The number of hydrogen-bond acceptors (Lipinski definition) is 5. The summed E-state index contributed by atoms with van der Waals surface area (Å²) in [6.45, 7) is 2.55. The molecule has 1 heterocycles. The first kappa shape index (κ1) is 16.8. The van der Waals surface area contributed by atoms with Gasteiger partial charge in [0.1, 0.15) is 18.5 Å². The summed E-state index contributed by atoms with van der Waals surface area (Å²) >= 11 is 1.25. The quantitative estimate of drug-likeness (QED) is 0.825. The molecular weight excluding hydrogens is 302 g/mol. The summed E-state index contributed by atoms with van der Waals surface area (Å²) in [6.07, 6.45) is -0.268. The van der Waals surface area contributed by atoms with Gasteiger partial charge in [-0.25, -0.2) is 0 Å². The van der Waals surface area contributed by atoms with Gasteiger partial charge in [0.05, 0.1) is 0 Å². The highest BCUT2D eigenvalue weighted by Crippen LogP contribution is 2.22. The molecule has 1 aliphatic heterocycles. The first-order valence-electron chi connectivity index (χ1n) is 7.31. The lowest BCUT2D eigenvalue weighted by atomic mass is 10.1. The zero-order chi connectivity index (χ0) is 15.9. The molecule has 120 valence electrons. The normalized spacial score (nSPS) is 19.3. The first-order valence-corrected chi connectivity index (χ1v) is 8.30. The molecule has 2 unspecified atom stereocenters. The maximum absolute atomic E-state index is 11.9. The van der Waals surface area contributed by atoms with Crippen LogP contribution in [0.1, 0.15) is 13.3 Å². The number of para-hydroxylation sites is 1. The predicted molar refractivity (Wildman–Crippen MR) is 85.8 cm³/mol. The van der Waals surface area contributed by atoms with E-state index in [-0.39, 0.29) is 30.1 Å². The molecular formula is C16H21NO4S. The number of carbonyl (C=O) groups is 2. The summed E-state index contributed by atoms with van der Waals surface area (Å²) in [5, 5.41) is 10.1. The van der Waals surface area contributed by atoms with E-state index in [1.54, 1.807) is 4.90 Å². The second-order valence-corrected chi connectivity index (χ2v) is 6.65. The molecule has 0 aromatic heterocycles. The van der Waals surface area contributed by atoms with Crippen molar-refractivity contribution < 1.29 is 19.4 Å². The molecule has 0 saturated carbocycles. The Morgan fingerprint density at radius 3 is 2.86 bits per heavy atom. The van der Waals surface area contributed by atoms with Gasteiger partial charge in [-0.1, -0.05) is 30.0 Å². The highest BCUT2D eigenvalue weighted by Gasteiger charge is 2.30. The molecule has 1 saturated heterocycles. The molecule has 0 radical (unpaired) electrons. The number of amides is 1. The smallest absolute Gasteiger partial charge is 0.223 e. The number of aliphatic hydroxyl groups excluding tert-OH is 1. The van der Waals surface area contributed by atoms with Gasteiger partial charge < -0.3 is 14.7 Å². The van der Waals surface area contributed by atoms with E-state index >= 15 is 0 Å². The number of β-amino-alcohol motifs (C(OH)–C–C–N with tert-alkyl or cyclic N) is 1. The molecule has 0 spiro atoms.